The molecule has 1 unspecified atom stereocenters. The molecule has 1 rings (SSSR count). The highest BCUT2D eigenvalue weighted by molar-refractivity contribution is 7.86. The largest absolute Gasteiger partial charge is 0.494 e. The Labute approximate surface area is 113 Å². The second-order valence-corrected chi connectivity index (χ2v) is 4.95. The van der Waals surface area contributed by atoms with Crippen LogP contribution in [0.1, 0.15) is 23.7 Å². The van der Waals surface area contributed by atoms with Crippen molar-refractivity contribution in [3.8, 4) is 5.75 Å². The molecule has 0 spiro atoms. The molecule has 5 nitrogen and oxygen atoms in total. The monoisotopic (exact) mass is 289 g/mol. The lowest BCUT2D eigenvalue weighted by Crippen LogP contribution is -2.13. The minimum Gasteiger partial charge on any atom is -0.494 e. The molecule has 1 atom stereocenters. The van der Waals surface area contributed by atoms with Gasteiger partial charge in [-0.1, -0.05) is 6.92 Å². The van der Waals surface area contributed by atoms with E-state index in [-0.39, 0.29) is 17.0 Å². The van der Waals surface area contributed by atoms with Crippen LogP contribution in [-0.2, 0) is 15.7 Å². The highest BCUT2D eigenvalue weighted by atomic mass is 32.2. The molecule has 0 saturated carbocycles. The summed E-state index contributed by atoms with van der Waals surface area (Å²) in [5.74, 6) is -1.18. The molecule has 0 bridgehead atoms. The molecule has 0 radical (unpaired) electrons. The zero-order valence-electron chi connectivity index (χ0n) is 11.0. The molecule has 0 aliphatic rings. The van der Waals surface area contributed by atoms with Gasteiger partial charge in [-0.3, -0.25) is 0 Å². The first kappa shape index (κ1) is 15.4. The fourth-order valence-electron chi connectivity index (χ4n) is 1.50. The Morgan fingerprint density at radius 3 is 2.63 bits per heavy atom. The second kappa shape index (κ2) is 7.08. The number of carbonyl (C=O) groups excluding carboxylic acids is 1. The van der Waals surface area contributed by atoms with Crippen molar-refractivity contribution < 1.29 is 22.9 Å². The summed E-state index contributed by atoms with van der Waals surface area (Å²) >= 11 is 0. The average molecular weight is 289 g/mol. The molecule has 0 heterocycles. The molecule has 19 heavy (non-hydrogen) atoms. The van der Waals surface area contributed by atoms with Crippen molar-refractivity contribution in [2.24, 2.45) is 0 Å². The maximum Gasteiger partial charge on any atom is 0.344 e. The van der Waals surface area contributed by atoms with Crippen LogP contribution < -0.4 is 9.46 Å². The Hall–Kier alpha value is -1.63. The van der Waals surface area contributed by atoms with Crippen LogP contribution in [-0.4, -0.2) is 30.2 Å². The van der Waals surface area contributed by atoms with Gasteiger partial charge in [-0.25, -0.2) is 13.4 Å². The molecule has 1 aromatic rings. The lowest BCUT2D eigenvalue weighted by Gasteiger charge is -2.14. The summed E-state index contributed by atoms with van der Waals surface area (Å²) in [4.78, 5) is 11.5. The zero-order valence-corrected chi connectivity index (χ0v) is 11.8. The molecular formula is C12H16FNO4S. The fraction of sp³-hybridized carbons (Fsp3) is 0.417. The van der Waals surface area contributed by atoms with Crippen LogP contribution in [0.3, 0.4) is 0 Å². The summed E-state index contributed by atoms with van der Waals surface area (Å²) in [6.45, 7) is 1.89. The van der Waals surface area contributed by atoms with Gasteiger partial charge < -0.3 is 14.2 Å². The normalized spacial score (nSPS) is 11.8. The summed E-state index contributed by atoms with van der Waals surface area (Å²) < 4.78 is 37.5. The van der Waals surface area contributed by atoms with Gasteiger partial charge in [0, 0.05) is 5.75 Å². The maximum atomic E-state index is 13.7. The Morgan fingerprint density at radius 2 is 2.11 bits per heavy atom. The third-order valence-electron chi connectivity index (χ3n) is 2.31. The van der Waals surface area contributed by atoms with E-state index in [0.717, 1.165) is 19.6 Å². The first-order valence-electron chi connectivity index (χ1n) is 5.65. The van der Waals surface area contributed by atoms with Crippen LogP contribution in [0.2, 0.25) is 0 Å². The predicted molar refractivity (Wildman–Crippen MR) is 71.2 cm³/mol. The summed E-state index contributed by atoms with van der Waals surface area (Å²) in [5.41, 5.74) is -0.0282. The third-order valence-corrected chi connectivity index (χ3v) is 3.54. The molecule has 0 aliphatic carbocycles. The van der Waals surface area contributed by atoms with Gasteiger partial charge in [0.1, 0.15) is 22.4 Å². The van der Waals surface area contributed by atoms with E-state index >= 15 is 0 Å². The van der Waals surface area contributed by atoms with Crippen LogP contribution in [0.25, 0.3) is 0 Å². The molecule has 0 aromatic heterocycles. The number of nitrogens with one attached hydrogen (secondary N) is 1. The van der Waals surface area contributed by atoms with E-state index in [0.29, 0.717) is 5.75 Å². The second-order valence-electron chi connectivity index (χ2n) is 3.65. The molecule has 7 heteroatoms. The quantitative estimate of drug-likeness (QED) is 0.815. The van der Waals surface area contributed by atoms with E-state index in [2.05, 4.69) is 9.46 Å². The average Bonchev–Trinajstić information content (AvgIpc) is 2.39. The first-order chi connectivity index (χ1) is 9.04. The van der Waals surface area contributed by atoms with Crippen LogP contribution in [0, 0.1) is 5.82 Å². The van der Waals surface area contributed by atoms with Crippen molar-refractivity contribution in [3.63, 3.8) is 0 Å². The van der Waals surface area contributed by atoms with Gasteiger partial charge in [-0.2, -0.15) is 0 Å². The SMILES string of the molecule is CCCS(=O)Nc1ccc(F)c(C(=O)OC)c1OC. The molecule has 1 N–H and O–H groups in total. The number of methoxy groups -OCH3 is 2. The van der Waals surface area contributed by atoms with Crippen molar-refractivity contribution in [2.45, 2.75) is 13.3 Å². The smallest absolute Gasteiger partial charge is 0.344 e. The summed E-state index contributed by atoms with van der Waals surface area (Å²) in [5, 5.41) is 0. The zero-order chi connectivity index (χ0) is 14.4. The topological polar surface area (TPSA) is 64.6 Å². The predicted octanol–water partition coefficient (Wildman–Crippen LogP) is 2.11. The highest BCUT2D eigenvalue weighted by Crippen LogP contribution is 2.31. The lowest BCUT2D eigenvalue weighted by atomic mass is 10.1. The summed E-state index contributed by atoms with van der Waals surface area (Å²) in [6, 6.07) is 2.47. The minimum absolute atomic E-state index is 0.0173. The van der Waals surface area contributed by atoms with Crippen molar-refractivity contribution >= 4 is 22.6 Å². The van der Waals surface area contributed by atoms with Crippen molar-refractivity contribution in [1.82, 2.24) is 0 Å². The molecular weight excluding hydrogens is 273 g/mol. The Kier molecular flexibility index (Phi) is 5.75. The van der Waals surface area contributed by atoms with Crippen LogP contribution in [0.5, 0.6) is 5.75 Å². The van der Waals surface area contributed by atoms with Crippen molar-refractivity contribution in [3.05, 3.63) is 23.5 Å². The number of hydrogen-bond acceptors (Lipinski definition) is 4. The van der Waals surface area contributed by atoms with Crippen LogP contribution in [0.4, 0.5) is 10.1 Å². The summed E-state index contributed by atoms with van der Waals surface area (Å²) in [6.07, 6.45) is 0.729. The number of esters is 1. The Bertz CT molecular complexity index is 493. The number of hydrogen-bond donors (Lipinski definition) is 1. The molecule has 0 aliphatic heterocycles. The number of rotatable bonds is 6. The number of ether oxygens (including phenoxy) is 2. The Morgan fingerprint density at radius 1 is 1.42 bits per heavy atom. The van der Waals surface area contributed by atoms with Crippen LogP contribution in [0.15, 0.2) is 12.1 Å². The van der Waals surface area contributed by atoms with Gasteiger partial charge in [0.2, 0.25) is 0 Å². The van der Waals surface area contributed by atoms with E-state index in [1.165, 1.54) is 13.2 Å². The van der Waals surface area contributed by atoms with E-state index in [9.17, 15) is 13.4 Å². The molecule has 0 amide bonds. The van der Waals surface area contributed by atoms with Gasteiger partial charge >= 0.3 is 5.97 Å². The molecule has 0 fully saturated rings. The highest BCUT2D eigenvalue weighted by Gasteiger charge is 2.22. The van der Waals surface area contributed by atoms with E-state index < -0.39 is 22.8 Å². The lowest BCUT2D eigenvalue weighted by molar-refractivity contribution is 0.0591. The number of anilines is 1. The fourth-order valence-corrected chi connectivity index (χ4v) is 2.38. The third kappa shape index (κ3) is 3.66. The van der Waals surface area contributed by atoms with E-state index in [4.69, 9.17) is 4.74 Å². The van der Waals surface area contributed by atoms with Crippen molar-refractivity contribution in [2.75, 3.05) is 24.7 Å². The summed E-state index contributed by atoms with van der Waals surface area (Å²) in [7, 11) is 1.13. The van der Waals surface area contributed by atoms with Crippen molar-refractivity contribution in [1.29, 1.82) is 0 Å². The number of carbonyl (C=O) groups is 1. The molecule has 1 aromatic carbocycles. The van der Waals surface area contributed by atoms with Gasteiger partial charge in [-0.05, 0) is 18.6 Å². The molecule has 0 saturated heterocycles. The van der Waals surface area contributed by atoms with Gasteiger partial charge in [-0.15, -0.1) is 0 Å². The molecule has 106 valence electrons. The van der Waals surface area contributed by atoms with Gasteiger partial charge in [0.15, 0.2) is 5.75 Å². The van der Waals surface area contributed by atoms with Gasteiger partial charge in [0.25, 0.3) is 0 Å². The van der Waals surface area contributed by atoms with Crippen LogP contribution >= 0.6 is 0 Å². The van der Waals surface area contributed by atoms with Gasteiger partial charge in [0.05, 0.1) is 19.9 Å². The Balaban J connectivity index is 3.19. The van der Waals surface area contributed by atoms with E-state index in [1.54, 1.807) is 0 Å². The minimum atomic E-state index is -1.32. The number of benzene rings is 1. The maximum absolute atomic E-state index is 13.7. The standard InChI is InChI=1S/C12H16FNO4S/c1-4-7-19(16)14-9-6-5-8(13)10(11(9)17-2)12(15)18-3/h5-6,14H,4,7H2,1-3H3. The van der Waals surface area contributed by atoms with E-state index in [1.807, 2.05) is 6.92 Å². The number of halogens is 1. The first-order valence-corrected chi connectivity index (χ1v) is 6.96.